The van der Waals surface area contributed by atoms with Gasteiger partial charge in [0.1, 0.15) is 5.76 Å². The fraction of sp³-hybridized carbons (Fsp3) is 0.625. The molecule has 0 saturated heterocycles. The molecule has 0 spiro atoms. The largest absolute Gasteiger partial charge is 0.469 e. The van der Waals surface area contributed by atoms with Crippen LogP contribution in [0.1, 0.15) is 45.8 Å². The third kappa shape index (κ3) is 7.33. The van der Waals surface area contributed by atoms with Crippen molar-refractivity contribution in [2.24, 2.45) is 5.92 Å². The zero-order chi connectivity index (χ0) is 13.2. The normalized spacial score (nSPS) is 12.4. The number of rotatable bonds is 9. The smallest absolute Gasteiger partial charge is 0.109 e. The Kier molecular flexibility index (Phi) is 7.51. The maximum absolute atomic E-state index is 5.31. The van der Waals surface area contributed by atoms with E-state index in [1.807, 2.05) is 6.07 Å². The summed E-state index contributed by atoms with van der Waals surface area (Å²) in [4.78, 5) is 0. The SMILES string of the molecule is CC(C)=CCC[C@H](C)CC[NH2+]CCc1ccco1. The van der Waals surface area contributed by atoms with E-state index in [1.165, 1.54) is 31.4 Å². The van der Waals surface area contributed by atoms with Gasteiger partial charge < -0.3 is 9.73 Å². The molecule has 2 heteroatoms. The first kappa shape index (κ1) is 15.0. The van der Waals surface area contributed by atoms with Crippen LogP contribution < -0.4 is 5.32 Å². The molecule has 1 heterocycles. The van der Waals surface area contributed by atoms with Crippen LogP contribution in [0.3, 0.4) is 0 Å². The highest BCUT2D eigenvalue weighted by Gasteiger charge is 2.03. The molecule has 1 aromatic heterocycles. The van der Waals surface area contributed by atoms with Crippen molar-refractivity contribution < 1.29 is 9.73 Å². The van der Waals surface area contributed by atoms with Gasteiger partial charge >= 0.3 is 0 Å². The Hall–Kier alpha value is -1.02. The van der Waals surface area contributed by atoms with E-state index in [0.717, 1.165) is 24.6 Å². The summed E-state index contributed by atoms with van der Waals surface area (Å²) in [5.41, 5.74) is 1.44. The first-order valence-electron chi connectivity index (χ1n) is 7.16. The zero-order valence-electron chi connectivity index (χ0n) is 12.1. The van der Waals surface area contributed by atoms with Crippen molar-refractivity contribution >= 4 is 0 Å². The van der Waals surface area contributed by atoms with E-state index in [1.54, 1.807) is 6.26 Å². The lowest BCUT2D eigenvalue weighted by Crippen LogP contribution is -2.84. The minimum atomic E-state index is 0.834. The molecule has 1 aromatic rings. The second kappa shape index (κ2) is 8.98. The highest BCUT2D eigenvalue weighted by Crippen LogP contribution is 2.10. The minimum absolute atomic E-state index is 0.834. The van der Waals surface area contributed by atoms with Crippen molar-refractivity contribution in [3.8, 4) is 0 Å². The molecule has 0 amide bonds. The van der Waals surface area contributed by atoms with Crippen LogP contribution in [0.15, 0.2) is 34.5 Å². The lowest BCUT2D eigenvalue weighted by molar-refractivity contribution is -0.655. The first-order valence-corrected chi connectivity index (χ1v) is 7.16. The van der Waals surface area contributed by atoms with E-state index in [9.17, 15) is 0 Å². The Morgan fingerprint density at radius 2 is 2.17 bits per heavy atom. The molecule has 18 heavy (non-hydrogen) atoms. The molecular weight excluding hydrogens is 222 g/mol. The molecule has 0 unspecified atom stereocenters. The lowest BCUT2D eigenvalue weighted by atomic mass is 10.0. The van der Waals surface area contributed by atoms with Crippen molar-refractivity contribution in [1.82, 2.24) is 0 Å². The van der Waals surface area contributed by atoms with E-state index in [0.29, 0.717) is 0 Å². The second-order valence-corrected chi connectivity index (χ2v) is 5.45. The van der Waals surface area contributed by atoms with Gasteiger partial charge in [0.15, 0.2) is 0 Å². The molecule has 0 radical (unpaired) electrons. The quantitative estimate of drug-likeness (QED) is 0.529. The van der Waals surface area contributed by atoms with E-state index in [-0.39, 0.29) is 0 Å². The number of quaternary nitrogens is 1. The predicted molar refractivity (Wildman–Crippen MR) is 76.5 cm³/mol. The summed E-state index contributed by atoms with van der Waals surface area (Å²) < 4.78 is 5.31. The highest BCUT2D eigenvalue weighted by atomic mass is 16.3. The maximum atomic E-state index is 5.31. The van der Waals surface area contributed by atoms with Gasteiger partial charge in [-0.05, 0) is 51.2 Å². The van der Waals surface area contributed by atoms with E-state index in [2.05, 4.69) is 38.2 Å². The molecule has 2 nitrogen and oxygen atoms in total. The summed E-state index contributed by atoms with van der Waals surface area (Å²) in [7, 11) is 0. The average Bonchev–Trinajstić information content (AvgIpc) is 2.81. The summed E-state index contributed by atoms with van der Waals surface area (Å²) in [6.45, 7) is 9.07. The Morgan fingerprint density at radius 3 is 2.83 bits per heavy atom. The number of nitrogens with two attached hydrogens (primary N) is 1. The maximum Gasteiger partial charge on any atom is 0.109 e. The monoisotopic (exact) mass is 250 g/mol. The van der Waals surface area contributed by atoms with Crippen molar-refractivity contribution in [2.75, 3.05) is 13.1 Å². The lowest BCUT2D eigenvalue weighted by Gasteiger charge is -2.08. The van der Waals surface area contributed by atoms with E-state index >= 15 is 0 Å². The minimum Gasteiger partial charge on any atom is -0.469 e. The van der Waals surface area contributed by atoms with Gasteiger partial charge in [-0.3, -0.25) is 0 Å². The standard InChI is InChI=1S/C16H27NO/c1-14(2)6-4-7-15(3)9-11-17-12-10-16-8-5-13-18-16/h5-6,8,13,15,17H,4,7,9-12H2,1-3H3/p+1/t15-/m0/s1. The van der Waals surface area contributed by atoms with Crippen LogP contribution in [0.25, 0.3) is 0 Å². The summed E-state index contributed by atoms with van der Waals surface area (Å²) in [5.74, 6) is 1.93. The summed E-state index contributed by atoms with van der Waals surface area (Å²) in [5, 5.41) is 2.40. The average molecular weight is 250 g/mol. The van der Waals surface area contributed by atoms with Crippen LogP contribution in [0.5, 0.6) is 0 Å². The fourth-order valence-corrected chi connectivity index (χ4v) is 2.05. The summed E-state index contributed by atoms with van der Waals surface area (Å²) in [6.07, 6.45) is 9.00. The van der Waals surface area contributed by atoms with Crippen molar-refractivity contribution in [2.45, 2.75) is 46.5 Å². The van der Waals surface area contributed by atoms with E-state index in [4.69, 9.17) is 4.42 Å². The molecule has 0 aliphatic rings. The molecule has 0 saturated carbocycles. The molecule has 1 atom stereocenters. The molecule has 0 bridgehead atoms. The number of allylic oxidation sites excluding steroid dienone is 2. The Bertz CT molecular complexity index is 323. The molecule has 102 valence electrons. The third-order valence-electron chi connectivity index (χ3n) is 3.25. The van der Waals surface area contributed by atoms with Crippen molar-refractivity contribution in [3.63, 3.8) is 0 Å². The molecular formula is C16H28NO+. The number of hydrogen-bond donors (Lipinski definition) is 1. The topological polar surface area (TPSA) is 29.8 Å². The van der Waals surface area contributed by atoms with Gasteiger partial charge in [-0.2, -0.15) is 0 Å². The number of furan rings is 1. The molecule has 0 aromatic carbocycles. The van der Waals surface area contributed by atoms with Crippen LogP contribution in [0.4, 0.5) is 0 Å². The van der Waals surface area contributed by atoms with Crippen LogP contribution >= 0.6 is 0 Å². The first-order chi connectivity index (χ1) is 8.68. The van der Waals surface area contributed by atoms with Gasteiger partial charge in [0.2, 0.25) is 0 Å². The molecule has 1 rings (SSSR count). The van der Waals surface area contributed by atoms with Gasteiger partial charge in [0, 0.05) is 0 Å². The molecule has 0 fully saturated rings. The number of hydrogen-bond acceptors (Lipinski definition) is 1. The zero-order valence-corrected chi connectivity index (χ0v) is 12.1. The molecule has 0 aliphatic heterocycles. The Labute approximate surface area is 111 Å². The highest BCUT2D eigenvalue weighted by molar-refractivity contribution is 4.97. The fourth-order valence-electron chi connectivity index (χ4n) is 2.05. The van der Waals surface area contributed by atoms with Crippen molar-refractivity contribution in [1.29, 1.82) is 0 Å². The third-order valence-corrected chi connectivity index (χ3v) is 3.25. The van der Waals surface area contributed by atoms with Gasteiger partial charge in [0.25, 0.3) is 0 Å². The van der Waals surface area contributed by atoms with Crippen LogP contribution in [-0.2, 0) is 6.42 Å². The Morgan fingerprint density at radius 1 is 1.33 bits per heavy atom. The molecule has 0 aliphatic carbocycles. The van der Waals surface area contributed by atoms with Gasteiger partial charge in [0.05, 0.1) is 25.8 Å². The summed E-state index contributed by atoms with van der Waals surface area (Å²) >= 11 is 0. The molecule has 2 N–H and O–H groups in total. The van der Waals surface area contributed by atoms with E-state index < -0.39 is 0 Å². The van der Waals surface area contributed by atoms with Gasteiger partial charge in [-0.15, -0.1) is 0 Å². The van der Waals surface area contributed by atoms with Crippen LogP contribution in [0.2, 0.25) is 0 Å². The van der Waals surface area contributed by atoms with Crippen molar-refractivity contribution in [3.05, 3.63) is 35.8 Å². The predicted octanol–water partition coefficient (Wildman–Crippen LogP) is 3.16. The summed E-state index contributed by atoms with van der Waals surface area (Å²) in [6, 6.07) is 4.01. The van der Waals surface area contributed by atoms with Gasteiger partial charge in [-0.25, -0.2) is 0 Å². The Balaban J connectivity index is 1.95. The van der Waals surface area contributed by atoms with Crippen LogP contribution in [0, 0.1) is 5.92 Å². The van der Waals surface area contributed by atoms with Crippen LogP contribution in [-0.4, -0.2) is 13.1 Å². The second-order valence-electron chi connectivity index (χ2n) is 5.45. The van der Waals surface area contributed by atoms with Gasteiger partial charge in [-0.1, -0.05) is 18.6 Å².